The second-order valence-corrected chi connectivity index (χ2v) is 4.63. The highest BCUT2D eigenvalue weighted by molar-refractivity contribution is 6.36. The fourth-order valence-corrected chi connectivity index (χ4v) is 2.27. The van der Waals surface area contributed by atoms with Crippen molar-refractivity contribution in [3.63, 3.8) is 0 Å². The normalized spacial score (nSPS) is 10.8. The van der Waals surface area contributed by atoms with Crippen LogP contribution in [0.25, 0.3) is 0 Å². The van der Waals surface area contributed by atoms with E-state index in [4.69, 9.17) is 9.47 Å². The molecular formula is C11H22O2Si. The third kappa shape index (κ3) is 8.47. The number of ether oxygens (including phenoxy) is 2. The van der Waals surface area contributed by atoms with E-state index in [1.165, 1.54) is 31.7 Å². The predicted molar refractivity (Wildman–Crippen MR) is 61.6 cm³/mol. The van der Waals surface area contributed by atoms with Gasteiger partial charge in [0.1, 0.15) is 15.4 Å². The van der Waals surface area contributed by atoms with Crippen LogP contribution in [0, 0.1) is 0 Å². The topological polar surface area (TPSA) is 18.5 Å². The first kappa shape index (κ1) is 13.9. The molecule has 0 aromatic carbocycles. The molecule has 0 aliphatic carbocycles. The largest absolute Gasteiger partial charge is 0.360 e. The molecule has 82 valence electrons. The molecule has 0 bridgehead atoms. The fraction of sp³-hybridized carbons (Fsp3) is 0.818. The highest BCUT2D eigenvalue weighted by Crippen LogP contribution is 2.06. The van der Waals surface area contributed by atoms with Crippen LogP contribution in [-0.4, -0.2) is 29.7 Å². The molecule has 0 N–H and O–H groups in total. The molecule has 3 heteroatoms. The highest BCUT2D eigenvalue weighted by Gasteiger charge is 2.04. The molecule has 0 aromatic heterocycles. The summed E-state index contributed by atoms with van der Waals surface area (Å²) < 4.78 is 10.2. The fourth-order valence-electron chi connectivity index (χ4n) is 1.25. The molecule has 2 radical (unpaired) electrons. The number of unbranched alkanes of at least 4 members (excludes halogenated alkanes) is 4. The zero-order chi connectivity index (χ0) is 10.6. The van der Waals surface area contributed by atoms with Crippen molar-refractivity contribution in [3.05, 3.63) is 12.7 Å². The van der Waals surface area contributed by atoms with Crippen molar-refractivity contribution in [2.24, 2.45) is 0 Å². The van der Waals surface area contributed by atoms with Gasteiger partial charge < -0.3 is 9.47 Å². The van der Waals surface area contributed by atoms with Crippen LogP contribution in [0.3, 0.4) is 0 Å². The van der Waals surface area contributed by atoms with Crippen molar-refractivity contribution in [1.82, 2.24) is 0 Å². The van der Waals surface area contributed by atoms with Gasteiger partial charge in [0.2, 0.25) is 0 Å². The molecule has 14 heavy (non-hydrogen) atoms. The van der Waals surface area contributed by atoms with Crippen LogP contribution < -0.4 is 0 Å². The molecule has 0 saturated carbocycles. The van der Waals surface area contributed by atoms with Gasteiger partial charge in [0, 0.05) is 14.2 Å². The van der Waals surface area contributed by atoms with Crippen molar-refractivity contribution < 1.29 is 9.47 Å². The van der Waals surface area contributed by atoms with E-state index in [-0.39, 0.29) is 5.91 Å². The molecule has 0 atom stereocenters. The maximum Gasteiger partial charge on any atom is 0.136 e. The second kappa shape index (κ2) is 11.0. The van der Waals surface area contributed by atoms with Gasteiger partial charge in [-0.3, -0.25) is 0 Å². The Morgan fingerprint density at radius 3 is 2.36 bits per heavy atom. The van der Waals surface area contributed by atoms with Crippen molar-refractivity contribution in [2.75, 3.05) is 14.2 Å². The summed E-state index contributed by atoms with van der Waals surface area (Å²) >= 11 is 0. The van der Waals surface area contributed by atoms with Crippen LogP contribution in [0.2, 0.25) is 6.04 Å². The smallest absolute Gasteiger partial charge is 0.136 e. The quantitative estimate of drug-likeness (QED) is 0.241. The highest BCUT2D eigenvalue weighted by atomic mass is 28.2. The van der Waals surface area contributed by atoms with Gasteiger partial charge in [-0.2, -0.15) is 0 Å². The molecule has 0 saturated heterocycles. The molecule has 2 nitrogen and oxygen atoms in total. The Balaban J connectivity index is 3.08. The summed E-state index contributed by atoms with van der Waals surface area (Å²) in [5.41, 5.74) is 0. The Bertz CT molecular complexity index is 124. The number of hydrogen-bond donors (Lipinski definition) is 0. The third-order valence-electron chi connectivity index (χ3n) is 2.07. The van der Waals surface area contributed by atoms with Crippen molar-refractivity contribution in [1.29, 1.82) is 0 Å². The molecule has 0 aliphatic heterocycles. The Hall–Kier alpha value is -0.123. The number of hydrogen-bond acceptors (Lipinski definition) is 2. The maximum atomic E-state index is 5.12. The van der Waals surface area contributed by atoms with E-state index in [0.29, 0.717) is 0 Å². The van der Waals surface area contributed by atoms with Crippen LogP contribution in [0.4, 0.5) is 0 Å². The Morgan fingerprint density at radius 1 is 1.14 bits per heavy atom. The van der Waals surface area contributed by atoms with E-state index in [2.05, 4.69) is 6.58 Å². The first-order valence-electron chi connectivity index (χ1n) is 5.25. The summed E-state index contributed by atoms with van der Waals surface area (Å²) in [5, 5.41) is 0. The molecule has 0 amide bonds. The van der Waals surface area contributed by atoms with Gasteiger partial charge in [0.05, 0.1) is 0 Å². The zero-order valence-corrected chi connectivity index (χ0v) is 10.4. The first-order valence-corrected chi connectivity index (χ1v) is 6.53. The molecule has 0 unspecified atom stereocenters. The lowest BCUT2D eigenvalue weighted by Gasteiger charge is -2.11. The van der Waals surface area contributed by atoms with Crippen molar-refractivity contribution >= 4 is 9.52 Å². The van der Waals surface area contributed by atoms with E-state index < -0.39 is 0 Å². The second-order valence-electron chi connectivity index (χ2n) is 3.25. The van der Waals surface area contributed by atoms with Crippen molar-refractivity contribution in [3.8, 4) is 0 Å². The minimum Gasteiger partial charge on any atom is -0.360 e. The summed E-state index contributed by atoms with van der Waals surface area (Å²) in [6.45, 7) is 3.71. The summed E-state index contributed by atoms with van der Waals surface area (Å²) in [6.07, 6.45) is 8.36. The van der Waals surface area contributed by atoms with Crippen LogP contribution in [0.1, 0.15) is 32.1 Å². The lowest BCUT2D eigenvalue weighted by molar-refractivity contribution is -0.0441. The molecular weight excluding hydrogens is 192 g/mol. The van der Waals surface area contributed by atoms with Gasteiger partial charge in [0.15, 0.2) is 0 Å². The minimum absolute atomic E-state index is 0.0168. The van der Waals surface area contributed by atoms with Gasteiger partial charge in [-0.1, -0.05) is 31.4 Å². The SMILES string of the molecule is C=CCCCCCC[Si]C(OC)OC. The van der Waals surface area contributed by atoms with E-state index in [0.717, 1.165) is 15.9 Å². The van der Waals surface area contributed by atoms with E-state index in [1.807, 2.05) is 6.08 Å². The maximum absolute atomic E-state index is 5.12. The molecule has 0 fully saturated rings. The van der Waals surface area contributed by atoms with Crippen LogP contribution >= 0.6 is 0 Å². The Morgan fingerprint density at radius 2 is 1.79 bits per heavy atom. The van der Waals surface area contributed by atoms with E-state index >= 15 is 0 Å². The third-order valence-corrected chi connectivity index (χ3v) is 3.52. The van der Waals surface area contributed by atoms with Crippen LogP contribution in [0.15, 0.2) is 12.7 Å². The van der Waals surface area contributed by atoms with Crippen LogP contribution in [-0.2, 0) is 9.47 Å². The standard InChI is InChI=1S/C11H22O2Si/c1-4-5-6-7-8-9-10-14-11(12-2)13-3/h4,11H,1,5-10H2,2-3H3. The Labute approximate surface area is 90.5 Å². The molecule has 0 aromatic rings. The first-order chi connectivity index (χ1) is 6.85. The Kier molecular flexibility index (Phi) is 10.9. The van der Waals surface area contributed by atoms with Gasteiger partial charge in [-0.05, 0) is 12.8 Å². The zero-order valence-electron chi connectivity index (χ0n) is 9.42. The summed E-state index contributed by atoms with van der Waals surface area (Å²) in [5.74, 6) is 0.0168. The van der Waals surface area contributed by atoms with Gasteiger partial charge in [0.25, 0.3) is 0 Å². The molecule has 0 heterocycles. The molecule has 0 rings (SSSR count). The monoisotopic (exact) mass is 214 g/mol. The van der Waals surface area contributed by atoms with Gasteiger partial charge in [-0.15, -0.1) is 6.58 Å². The number of methoxy groups -OCH3 is 2. The average molecular weight is 214 g/mol. The lowest BCUT2D eigenvalue weighted by Crippen LogP contribution is -2.20. The summed E-state index contributed by atoms with van der Waals surface area (Å²) in [4.78, 5) is 0. The van der Waals surface area contributed by atoms with Gasteiger partial charge >= 0.3 is 0 Å². The molecule has 0 spiro atoms. The van der Waals surface area contributed by atoms with Crippen LogP contribution in [0.5, 0.6) is 0 Å². The van der Waals surface area contributed by atoms with E-state index in [1.54, 1.807) is 14.2 Å². The number of rotatable bonds is 10. The summed E-state index contributed by atoms with van der Waals surface area (Å²) in [6, 6.07) is 1.22. The predicted octanol–water partition coefficient (Wildman–Crippen LogP) is 2.82. The van der Waals surface area contributed by atoms with Crippen molar-refractivity contribution in [2.45, 2.75) is 44.1 Å². The average Bonchev–Trinajstić information content (AvgIpc) is 2.22. The molecule has 0 aliphatic rings. The minimum atomic E-state index is 0.0168. The lowest BCUT2D eigenvalue weighted by atomic mass is 10.1. The number of allylic oxidation sites excluding steroid dienone is 1. The van der Waals surface area contributed by atoms with Gasteiger partial charge in [-0.25, -0.2) is 0 Å². The summed E-state index contributed by atoms with van der Waals surface area (Å²) in [7, 11) is 4.17. The van der Waals surface area contributed by atoms with E-state index in [9.17, 15) is 0 Å².